The molecule has 1 fully saturated rings. The summed E-state index contributed by atoms with van der Waals surface area (Å²) in [6, 6.07) is 8.06. The maximum atomic E-state index is 12.8. The number of benzene rings is 1. The van der Waals surface area contributed by atoms with Crippen LogP contribution in [0.15, 0.2) is 35.2 Å². The first-order chi connectivity index (χ1) is 12.5. The Morgan fingerprint density at radius 2 is 1.88 bits per heavy atom. The number of amides is 2. The maximum absolute atomic E-state index is 12.8. The van der Waals surface area contributed by atoms with Gasteiger partial charge in [-0.3, -0.25) is 9.59 Å². The van der Waals surface area contributed by atoms with Gasteiger partial charge in [0.15, 0.2) is 0 Å². The third-order valence-corrected chi connectivity index (χ3v) is 5.87. The summed E-state index contributed by atoms with van der Waals surface area (Å²) in [6.45, 7) is 3.00. The van der Waals surface area contributed by atoms with Gasteiger partial charge in [0, 0.05) is 13.1 Å². The van der Waals surface area contributed by atoms with Gasteiger partial charge in [-0.25, -0.2) is 8.42 Å². The highest BCUT2D eigenvalue weighted by Gasteiger charge is 2.34. The molecule has 1 heterocycles. The molecule has 2 N–H and O–H groups in total. The molecule has 1 aromatic carbocycles. The second-order valence-electron chi connectivity index (χ2n) is 5.93. The van der Waals surface area contributed by atoms with E-state index in [4.69, 9.17) is 4.74 Å². The summed E-state index contributed by atoms with van der Waals surface area (Å²) in [7, 11) is -3.74. The molecule has 0 aromatic heterocycles. The highest BCUT2D eigenvalue weighted by Crippen LogP contribution is 2.21. The molecule has 144 valence electrons. The largest absolute Gasteiger partial charge is 0.360 e. The van der Waals surface area contributed by atoms with Crippen LogP contribution in [0.4, 0.5) is 0 Å². The molecule has 0 bridgehead atoms. The van der Waals surface area contributed by atoms with Gasteiger partial charge in [-0.05, 0) is 25.0 Å². The zero-order valence-electron chi connectivity index (χ0n) is 14.8. The van der Waals surface area contributed by atoms with E-state index in [9.17, 15) is 18.0 Å². The summed E-state index contributed by atoms with van der Waals surface area (Å²) < 4.78 is 32.4. The molecule has 0 saturated carbocycles. The van der Waals surface area contributed by atoms with Crippen molar-refractivity contribution in [1.29, 1.82) is 0 Å². The third kappa shape index (κ3) is 5.26. The number of ether oxygens (including phenoxy) is 1. The van der Waals surface area contributed by atoms with Crippen molar-refractivity contribution in [3.05, 3.63) is 30.3 Å². The standard InChI is InChI=1S/C17H25N3O5S/c1-2-3-10-18-16(21)17(22)19-13-15-20(11-7-12-25-15)26(23,24)14-8-5-4-6-9-14/h4-6,8-9,15H,2-3,7,10-13H2,1H3,(H,18,21)(H,19,22)/t15-/m0/s1. The minimum atomic E-state index is -3.74. The number of hydrogen-bond acceptors (Lipinski definition) is 5. The number of nitrogens with one attached hydrogen (secondary N) is 2. The van der Waals surface area contributed by atoms with Crippen LogP contribution in [0.25, 0.3) is 0 Å². The van der Waals surface area contributed by atoms with Crippen LogP contribution in [0.5, 0.6) is 0 Å². The molecule has 0 radical (unpaired) electrons. The topological polar surface area (TPSA) is 105 Å². The summed E-state index contributed by atoms with van der Waals surface area (Å²) in [5, 5.41) is 4.97. The van der Waals surface area contributed by atoms with Crippen molar-refractivity contribution in [2.24, 2.45) is 0 Å². The number of nitrogens with zero attached hydrogens (tertiary/aromatic N) is 1. The first-order valence-electron chi connectivity index (χ1n) is 8.71. The van der Waals surface area contributed by atoms with Gasteiger partial charge in [0.2, 0.25) is 10.0 Å². The number of hydrogen-bond donors (Lipinski definition) is 2. The predicted octanol–water partition coefficient (Wildman–Crippen LogP) is 0.456. The smallest absolute Gasteiger partial charge is 0.309 e. The molecule has 1 aliphatic heterocycles. The van der Waals surface area contributed by atoms with Gasteiger partial charge < -0.3 is 15.4 Å². The van der Waals surface area contributed by atoms with E-state index < -0.39 is 28.1 Å². The second kappa shape index (κ2) is 9.65. The normalized spacial score (nSPS) is 18.3. The highest BCUT2D eigenvalue weighted by atomic mass is 32.2. The van der Waals surface area contributed by atoms with Crippen LogP contribution in [-0.2, 0) is 24.3 Å². The molecule has 0 spiro atoms. The Balaban J connectivity index is 1.99. The fraction of sp³-hybridized carbons (Fsp3) is 0.529. The lowest BCUT2D eigenvalue weighted by molar-refractivity contribution is -0.140. The molecule has 2 amide bonds. The van der Waals surface area contributed by atoms with E-state index in [1.807, 2.05) is 6.92 Å². The van der Waals surface area contributed by atoms with Crippen LogP contribution in [0.1, 0.15) is 26.2 Å². The monoisotopic (exact) mass is 383 g/mol. The molecule has 2 rings (SSSR count). The van der Waals surface area contributed by atoms with Gasteiger partial charge in [0.25, 0.3) is 0 Å². The minimum Gasteiger partial charge on any atom is -0.360 e. The number of carbonyl (C=O) groups is 2. The molecular formula is C17H25N3O5S. The SMILES string of the molecule is CCCCNC(=O)C(=O)NC[C@@H]1OCCCN1S(=O)(=O)c1ccccc1. The van der Waals surface area contributed by atoms with Crippen LogP contribution in [-0.4, -0.2) is 57.0 Å². The zero-order valence-corrected chi connectivity index (χ0v) is 15.6. The van der Waals surface area contributed by atoms with E-state index in [1.165, 1.54) is 16.4 Å². The number of sulfonamides is 1. The molecule has 0 aliphatic carbocycles. The van der Waals surface area contributed by atoms with Crippen LogP contribution in [0, 0.1) is 0 Å². The summed E-state index contributed by atoms with van der Waals surface area (Å²) in [6.07, 6.45) is 1.41. The van der Waals surface area contributed by atoms with Crippen LogP contribution in [0.3, 0.4) is 0 Å². The molecule has 1 aromatic rings. The number of unbranched alkanes of at least 4 members (excludes halogenated alkanes) is 1. The van der Waals surface area contributed by atoms with Crippen molar-refractivity contribution in [3.63, 3.8) is 0 Å². The molecular weight excluding hydrogens is 358 g/mol. The fourth-order valence-corrected chi connectivity index (χ4v) is 4.14. The Kier molecular flexibility index (Phi) is 7.55. The average molecular weight is 383 g/mol. The maximum Gasteiger partial charge on any atom is 0.309 e. The van der Waals surface area contributed by atoms with E-state index in [1.54, 1.807) is 18.2 Å². The van der Waals surface area contributed by atoms with Crippen molar-refractivity contribution in [3.8, 4) is 0 Å². The Hall–Kier alpha value is -1.97. The van der Waals surface area contributed by atoms with E-state index in [-0.39, 0.29) is 11.4 Å². The van der Waals surface area contributed by atoms with Crippen LogP contribution < -0.4 is 10.6 Å². The highest BCUT2D eigenvalue weighted by molar-refractivity contribution is 7.89. The summed E-state index contributed by atoms with van der Waals surface area (Å²) in [4.78, 5) is 23.7. The fourth-order valence-electron chi connectivity index (χ4n) is 2.55. The lowest BCUT2D eigenvalue weighted by atomic mass is 10.3. The van der Waals surface area contributed by atoms with Crippen LogP contribution in [0.2, 0.25) is 0 Å². The summed E-state index contributed by atoms with van der Waals surface area (Å²) in [5.74, 6) is -1.53. The van der Waals surface area contributed by atoms with Gasteiger partial charge in [-0.1, -0.05) is 31.5 Å². The van der Waals surface area contributed by atoms with Crippen molar-refractivity contribution >= 4 is 21.8 Å². The first-order valence-corrected chi connectivity index (χ1v) is 10.2. The number of carbonyl (C=O) groups excluding carboxylic acids is 2. The van der Waals surface area contributed by atoms with Gasteiger partial charge in [0.1, 0.15) is 6.23 Å². The molecule has 26 heavy (non-hydrogen) atoms. The Bertz CT molecular complexity index is 708. The van der Waals surface area contributed by atoms with Gasteiger partial charge in [-0.15, -0.1) is 0 Å². The summed E-state index contributed by atoms with van der Waals surface area (Å²) in [5.41, 5.74) is 0. The lowest BCUT2D eigenvalue weighted by Gasteiger charge is -2.34. The van der Waals surface area contributed by atoms with Crippen molar-refractivity contribution < 1.29 is 22.7 Å². The van der Waals surface area contributed by atoms with E-state index in [2.05, 4.69) is 10.6 Å². The van der Waals surface area contributed by atoms with Gasteiger partial charge >= 0.3 is 11.8 Å². The van der Waals surface area contributed by atoms with E-state index >= 15 is 0 Å². The Labute approximate surface area is 153 Å². The Morgan fingerprint density at radius 3 is 2.58 bits per heavy atom. The average Bonchev–Trinajstić information content (AvgIpc) is 2.67. The van der Waals surface area contributed by atoms with E-state index in [0.717, 1.165) is 12.8 Å². The van der Waals surface area contributed by atoms with Crippen LogP contribution >= 0.6 is 0 Å². The van der Waals surface area contributed by atoms with Gasteiger partial charge in [0.05, 0.1) is 18.0 Å². The molecule has 0 unspecified atom stereocenters. The predicted molar refractivity (Wildman–Crippen MR) is 95.6 cm³/mol. The molecule has 1 saturated heterocycles. The quantitative estimate of drug-likeness (QED) is 0.526. The molecule has 8 nitrogen and oxygen atoms in total. The zero-order chi connectivity index (χ0) is 19.0. The number of rotatable bonds is 7. The summed E-state index contributed by atoms with van der Waals surface area (Å²) >= 11 is 0. The van der Waals surface area contributed by atoms with Crippen molar-refractivity contribution in [2.75, 3.05) is 26.2 Å². The molecule has 1 atom stereocenters. The van der Waals surface area contributed by atoms with Gasteiger partial charge in [-0.2, -0.15) is 4.31 Å². The third-order valence-electron chi connectivity index (χ3n) is 3.96. The minimum absolute atomic E-state index is 0.0912. The second-order valence-corrected chi connectivity index (χ2v) is 7.82. The molecule has 1 aliphatic rings. The van der Waals surface area contributed by atoms with Crippen molar-refractivity contribution in [1.82, 2.24) is 14.9 Å². The molecule has 9 heteroatoms. The lowest BCUT2D eigenvalue weighted by Crippen LogP contribution is -2.53. The van der Waals surface area contributed by atoms with E-state index in [0.29, 0.717) is 26.1 Å². The first kappa shape index (κ1) is 20.3. The van der Waals surface area contributed by atoms with Crippen molar-refractivity contribution in [2.45, 2.75) is 37.3 Å². The Morgan fingerprint density at radius 1 is 1.19 bits per heavy atom.